The van der Waals surface area contributed by atoms with E-state index in [1.807, 2.05) is 13.8 Å². The van der Waals surface area contributed by atoms with Crippen molar-refractivity contribution in [2.24, 2.45) is 5.92 Å². The highest BCUT2D eigenvalue weighted by atomic mass is 35.5. The average molecular weight is 297 g/mol. The van der Waals surface area contributed by atoms with E-state index in [1.165, 1.54) is 12.8 Å². The number of piperidine rings is 1. The Morgan fingerprint density at radius 2 is 1.83 bits per heavy atom. The van der Waals surface area contributed by atoms with Crippen molar-refractivity contribution in [3.63, 3.8) is 0 Å². The van der Waals surface area contributed by atoms with Gasteiger partial charge in [0.15, 0.2) is 0 Å². The molecule has 4 nitrogen and oxygen atoms in total. The van der Waals surface area contributed by atoms with Crippen LogP contribution in [0.4, 0.5) is 0 Å². The molecule has 2 N–H and O–H groups in total. The minimum atomic E-state index is -3.09. The van der Waals surface area contributed by atoms with Crippen molar-refractivity contribution in [2.45, 2.75) is 64.1 Å². The fourth-order valence-corrected chi connectivity index (χ4v) is 4.73. The Hall–Kier alpha value is 0.160. The fourth-order valence-electron chi connectivity index (χ4n) is 2.95. The third kappa shape index (κ3) is 4.37. The van der Waals surface area contributed by atoms with Gasteiger partial charge in [0.05, 0.1) is 5.75 Å². The van der Waals surface area contributed by atoms with E-state index in [9.17, 15) is 8.42 Å². The second-order valence-electron chi connectivity index (χ2n) is 5.72. The zero-order valence-electron chi connectivity index (χ0n) is 11.2. The molecule has 2 bridgehead atoms. The van der Waals surface area contributed by atoms with E-state index in [2.05, 4.69) is 10.0 Å². The van der Waals surface area contributed by atoms with Gasteiger partial charge >= 0.3 is 0 Å². The Labute approximate surface area is 117 Å². The van der Waals surface area contributed by atoms with Gasteiger partial charge in [-0.3, -0.25) is 0 Å². The van der Waals surface area contributed by atoms with E-state index in [1.54, 1.807) is 0 Å². The van der Waals surface area contributed by atoms with Crippen LogP contribution in [-0.4, -0.2) is 32.3 Å². The lowest BCUT2D eigenvalue weighted by atomic mass is 10.0. The number of hydrogen-bond donors (Lipinski definition) is 2. The predicted molar refractivity (Wildman–Crippen MR) is 76.6 cm³/mol. The maximum Gasteiger partial charge on any atom is 0.212 e. The normalized spacial score (nSPS) is 32.9. The van der Waals surface area contributed by atoms with Gasteiger partial charge in [-0.25, -0.2) is 13.1 Å². The summed E-state index contributed by atoms with van der Waals surface area (Å²) in [7, 11) is -3.09. The van der Waals surface area contributed by atoms with E-state index < -0.39 is 10.0 Å². The van der Waals surface area contributed by atoms with Crippen LogP contribution in [0.15, 0.2) is 0 Å². The van der Waals surface area contributed by atoms with Gasteiger partial charge in [-0.05, 0) is 31.6 Å². The number of fused-ring (bicyclic) bond motifs is 2. The molecule has 2 fully saturated rings. The molecule has 3 atom stereocenters. The Bertz CT molecular complexity index is 349. The fraction of sp³-hybridized carbons (Fsp3) is 1.00. The van der Waals surface area contributed by atoms with E-state index >= 15 is 0 Å². The van der Waals surface area contributed by atoms with Gasteiger partial charge in [-0.2, -0.15) is 0 Å². The second-order valence-corrected chi connectivity index (χ2v) is 7.52. The molecular weight excluding hydrogens is 272 g/mol. The van der Waals surface area contributed by atoms with Crippen LogP contribution in [0.2, 0.25) is 0 Å². The SMILES string of the molecule is CCC(C)CS(=O)(=O)NC1CC2CCC(C1)N2.Cl. The second kappa shape index (κ2) is 6.55. The summed E-state index contributed by atoms with van der Waals surface area (Å²) >= 11 is 0. The highest BCUT2D eigenvalue weighted by Gasteiger charge is 2.35. The molecule has 0 aliphatic carbocycles. The van der Waals surface area contributed by atoms with Gasteiger partial charge in [0.1, 0.15) is 0 Å². The third-order valence-electron chi connectivity index (χ3n) is 4.02. The van der Waals surface area contributed by atoms with Crippen LogP contribution < -0.4 is 10.0 Å². The molecule has 0 saturated carbocycles. The van der Waals surface area contributed by atoms with Gasteiger partial charge in [0.25, 0.3) is 0 Å². The van der Waals surface area contributed by atoms with Crippen molar-refractivity contribution in [1.29, 1.82) is 0 Å². The van der Waals surface area contributed by atoms with Gasteiger partial charge in [0, 0.05) is 18.1 Å². The molecule has 3 unspecified atom stereocenters. The van der Waals surface area contributed by atoms with Crippen LogP contribution >= 0.6 is 12.4 Å². The molecule has 0 aromatic heterocycles. The number of sulfonamides is 1. The summed E-state index contributed by atoms with van der Waals surface area (Å²) in [6.07, 6.45) is 5.23. The van der Waals surface area contributed by atoms with E-state index in [4.69, 9.17) is 0 Å². The monoisotopic (exact) mass is 296 g/mol. The molecule has 2 aliphatic heterocycles. The van der Waals surface area contributed by atoms with E-state index in [-0.39, 0.29) is 30.1 Å². The topological polar surface area (TPSA) is 58.2 Å². The Balaban J connectivity index is 0.00000162. The van der Waals surface area contributed by atoms with Gasteiger partial charge in [0.2, 0.25) is 10.0 Å². The summed E-state index contributed by atoms with van der Waals surface area (Å²) in [5.41, 5.74) is 0. The van der Waals surface area contributed by atoms with Crippen LogP contribution in [0.5, 0.6) is 0 Å². The van der Waals surface area contributed by atoms with E-state index in [0.717, 1.165) is 19.3 Å². The Morgan fingerprint density at radius 1 is 1.28 bits per heavy atom. The summed E-state index contributed by atoms with van der Waals surface area (Å²) < 4.78 is 26.8. The van der Waals surface area contributed by atoms with Crippen LogP contribution in [0.3, 0.4) is 0 Å². The van der Waals surface area contributed by atoms with E-state index in [0.29, 0.717) is 12.1 Å². The summed E-state index contributed by atoms with van der Waals surface area (Å²) in [4.78, 5) is 0. The van der Waals surface area contributed by atoms with Gasteiger partial charge < -0.3 is 5.32 Å². The smallest absolute Gasteiger partial charge is 0.212 e. The minimum absolute atomic E-state index is 0. The number of rotatable bonds is 5. The molecule has 0 amide bonds. The molecule has 0 aromatic rings. The summed E-state index contributed by atoms with van der Waals surface area (Å²) in [6.45, 7) is 4.02. The highest BCUT2D eigenvalue weighted by Crippen LogP contribution is 2.27. The van der Waals surface area contributed by atoms with Crippen molar-refractivity contribution in [3.8, 4) is 0 Å². The molecule has 0 spiro atoms. The minimum Gasteiger partial charge on any atom is -0.311 e. The first-order valence-electron chi connectivity index (χ1n) is 6.74. The van der Waals surface area contributed by atoms with Crippen molar-refractivity contribution in [2.75, 3.05) is 5.75 Å². The lowest BCUT2D eigenvalue weighted by Gasteiger charge is -2.29. The van der Waals surface area contributed by atoms with Gasteiger partial charge in [-0.15, -0.1) is 12.4 Å². The van der Waals surface area contributed by atoms with Crippen molar-refractivity contribution in [1.82, 2.24) is 10.0 Å². The molecule has 2 aliphatic rings. The first-order chi connectivity index (χ1) is 7.98. The van der Waals surface area contributed by atoms with Crippen molar-refractivity contribution in [3.05, 3.63) is 0 Å². The number of hydrogen-bond acceptors (Lipinski definition) is 3. The molecule has 108 valence electrons. The standard InChI is InChI=1S/C12H24N2O2S.ClH/c1-3-9(2)8-17(15,16)14-12-6-10-4-5-11(7-12)13-10;/h9-14H,3-8H2,1-2H3;1H. The summed E-state index contributed by atoms with van der Waals surface area (Å²) in [5.74, 6) is 0.508. The molecule has 18 heavy (non-hydrogen) atoms. The lowest BCUT2D eigenvalue weighted by Crippen LogP contribution is -2.48. The lowest BCUT2D eigenvalue weighted by molar-refractivity contribution is 0.344. The van der Waals surface area contributed by atoms with Crippen LogP contribution in [0.1, 0.15) is 46.0 Å². The molecule has 0 radical (unpaired) electrons. The number of nitrogens with one attached hydrogen (secondary N) is 2. The first kappa shape index (κ1) is 16.2. The summed E-state index contributed by atoms with van der Waals surface area (Å²) in [5, 5.41) is 3.52. The molecule has 0 aromatic carbocycles. The molecule has 2 saturated heterocycles. The highest BCUT2D eigenvalue weighted by molar-refractivity contribution is 7.89. The molecule has 2 heterocycles. The Morgan fingerprint density at radius 3 is 2.33 bits per heavy atom. The maximum atomic E-state index is 12.0. The Kier molecular flexibility index (Phi) is 5.90. The largest absolute Gasteiger partial charge is 0.311 e. The van der Waals surface area contributed by atoms with Crippen LogP contribution in [0, 0.1) is 5.92 Å². The average Bonchev–Trinajstić information content (AvgIpc) is 2.56. The third-order valence-corrected chi connectivity index (χ3v) is 5.72. The van der Waals surface area contributed by atoms with Crippen molar-refractivity contribution < 1.29 is 8.42 Å². The predicted octanol–water partition coefficient (Wildman–Crippen LogP) is 1.66. The van der Waals surface area contributed by atoms with Crippen LogP contribution in [-0.2, 0) is 10.0 Å². The van der Waals surface area contributed by atoms with Crippen molar-refractivity contribution >= 4 is 22.4 Å². The molecule has 6 heteroatoms. The zero-order chi connectivity index (χ0) is 12.5. The summed E-state index contributed by atoms with van der Waals surface area (Å²) in [6, 6.07) is 1.22. The molecular formula is C12H25ClN2O2S. The quantitative estimate of drug-likeness (QED) is 0.811. The van der Waals surface area contributed by atoms with Gasteiger partial charge in [-0.1, -0.05) is 20.3 Å². The number of halogens is 1. The molecule has 2 rings (SSSR count). The van der Waals surface area contributed by atoms with Crippen LogP contribution in [0.25, 0.3) is 0 Å². The zero-order valence-corrected chi connectivity index (χ0v) is 12.8. The first-order valence-corrected chi connectivity index (χ1v) is 8.39. The maximum absolute atomic E-state index is 12.0.